The molecule has 0 unspecified atom stereocenters. The van der Waals surface area contributed by atoms with Crippen LogP contribution in [-0.4, -0.2) is 10.2 Å². The molecule has 0 amide bonds. The Labute approximate surface area is 71.3 Å². The Bertz CT molecular complexity index is 343. The van der Waals surface area contributed by atoms with E-state index >= 15 is 0 Å². The van der Waals surface area contributed by atoms with Crippen molar-refractivity contribution in [2.45, 2.75) is 6.61 Å². The fourth-order valence-electron chi connectivity index (χ4n) is 0.956. The molecule has 0 aliphatic heterocycles. The van der Waals surface area contributed by atoms with E-state index in [9.17, 15) is 0 Å². The average Bonchev–Trinajstić information content (AvgIpc) is 2.43. The zero-order valence-electron chi connectivity index (χ0n) is 5.57. The molecule has 2 rings (SSSR count). The molecule has 2 N–H and O–H groups in total. The number of thiophene rings is 2. The molecular formula is C7H6O2S2. The minimum atomic E-state index is 0.0901. The first-order valence-electron chi connectivity index (χ1n) is 3.11. The molecule has 58 valence electrons. The largest absolute Gasteiger partial charge is 0.499 e. The molecule has 0 saturated carbocycles. The van der Waals surface area contributed by atoms with Crippen molar-refractivity contribution in [2.24, 2.45) is 0 Å². The smallest absolute Gasteiger partial charge is 0.173 e. The number of hydrogen-bond acceptors (Lipinski definition) is 4. The van der Waals surface area contributed by atoms with Gasteiger partial charge in [-0.15, -0.1) is 11.3 Å². The monoisotopic (exact) mass is 186 g/mol. The van der Waals surface area contributed by atoms with Crippen LogP contribution in [0, 0.1) is 0 Å². The Morgan fingerprint density at radius 1 is 1.27 bits per heavy atom. The average molecular weight is 186 g/mol. The Balaban J connectivity index is 2.64. The van der Waals surface area contributed by atoms with Crippen LogP contribution in [0.1, 0.15) is 4.88 Å². The van der Waals surface area contributed by atoms with Crippen LogP contribution in [-0.2, 0) is 6.61 Å². The molecule has 0 spiro atoms. The summed E-state index contributed by atoms with van der Waals surface area (Å²) < 4.78 is 1.08. The molecule has 0 aliphatic rings. The number of aliphatic hydroxyl groups is 1. The van der Waals surface area contributed by atoms with Gasteiger partial charge in [-0.3, -0.25) is 0 Å². The summed E-state index contributed by atoms with van der Waals surface area (Å²) in [6.45, 7) is 0.0901. The number of aliphatic hydroxyl groups excluding tert-OH is 1. The zero-order valence-corrected chi connectivity index (χ0v) is 7.21. The summed E-state index contributed by atoms with van der Waals surface area (Å²) in [6.07, 6.45) is 0. The van der Waals surface area contributed by atoms with Crippen molar-refractivity contribution in [1.29, 1.82) is 0 Å². The van der Waals surface area contributed by atoms with Gasteiger partial charge in [-0.05, 0) is 6.07 Å². The minimum absolute atomic E-state index is 0.0901. The van der Waals surface area contributed by atoms with Crippen LogP contribution in [0.4, 0.5) is 0 Å². The van der Waals surface area contributed by atoms with Gasteiger partial charge in [0.2, 0.25) is 0 Å². The predicted octanol–water partition coefficient (Wildman–Crippen LogP) is 2.16. The van der Waals surface area contributed by atoms with E-state index in [1.165, 1.54) is 22.7 Å². The van der Waals surface area contributed by atoms with Crippen LogP contribution in [0.2, 0.25) is 0 Å². The summed E-state index contributed by atoms with van der Waals surface area (Å²) in [7, 11) is 0. The van der Waals surface area contributed by atoms with E-state index < -0.39 is 0 Å². The number of aromatic hydroxyl groups is 1. The summed E-state index contributed by atoms with van der Waals surface area (Å²) in [5.41, 5.74) is 0. The summed E-state index contributed by atoms with van der Waals surface area (Å²) in [4.78, 5) is 0.950. The highest BCUT2D eigenvalue weighted by atomic mass is 32.2. The van der Waals surface area contributed by atoms with Crippen molar-refractivity contribution in [3.05, 3.63) is 17.0 Å². The molecule has 2 heterocycles. The Kier molecular flexibility index (Phi) is 1.60. The standard InChI is InChI=1S/C7H6O2S2/c8-3-5-1-4-2-6(9)11-7(4)10-5/h1-2,8-9H,3H2. The lowest BCUT2D eigenvalue weighted by molar-refractivity contribution is 0.285. The molecule has 2 aromatic heterocycles. The Morgan fingerprint density at radius 2 is 2.09 bits per heavy atom. The van der Waals surface area contributed by atoms with Gasteiger partial charge in [-0.1, -0.05) is 11.3 Å². The van der Waals surface area contributed by atoms with E-state index in [4.69, 9.17) is 10.2 Å². The maximum absolute atomic E-state index is 9.07. The summed E-state index contributed by atoms with van der Waals surface area (Å²) in [5, 5.41) is 19.2. The fourth-order valence-corrected chi connectivity index (χ4v) is 3.04. The first kappa shape index (κ1) is 7.09. The zero-order chi connectivity index (χ0) is 7.84. The molecule has 0 atom stereocenters. The van der Waals surface area contributed by atoms with E-state index in [2.05, 4.69) is 0 Å². The van der Waals surface area contributed by atoms with E-state index in [0.29, 0.717) is 5.06 Å². The van der Waals surface area contributed by atoms with Crippen molar-refractivity contribution >= 4 is 32.1 Å². The summed E-state index contributed by atoms with van der Waals surface area (Å²) in [5.74, 6) is 0. The van der Waals surface area contributed by atoms with Gasteiger partial charge >= 0.3 is 0 Å². The van der Waals surface area contributed by atoms with Gasteiger partial charge in [0.1, 0.15) is 0 Å². The van der Waals surface area contributed by atoms with E-state index in [1.54, 1.807) is 6.07 Å². The van der Waals surface area contributed by atoms with Crippen LogP contribution in [0.15, 0.2) is 12.1 Å². The lowest BCUT2D eigenvalue weighted by Crippen LogP contribution is -1.70. The van der Waals surface area contributed by atoms with Crippen molar-refractivity contribution in [1.82, 2.24) is 0 Å². The van der Waals surface area contributed by atoms with Crippen LogP contribution in [0.5, 0.6) is 5.06 Å². The molecule has 0 aromatic carbocycles. The maximum atomic E-state index is 9.07. The molecule has 0 fully saturated rings. The van der Waals surface area contributed by atoms with E-state index in [1.807, 2.05) is 6.07 Å². The molecular weight excluding hydrogens is 180 g/mol. The fraction of sp³-hybridized carbons (Fsp3) is 0.143. The first-order valence-corrected chi connectivity index (χ1v) is 4.75. The first-order chi connectivity index (χ1) is 5.29. The van der Waals surface area contributed by atoms with Crippen molar-refractivity contribution in [3.63, 3.8) is 0 Å². The number of fused-ring (bicyclic) bond motifs is 1. The minimum Gasteiger partial charge on any atom is -0.499 e. The third-order valence-corrected chi connectivity index (χ3v) is 3.59. The second-order valence-electron chi connectivity index (χ2n) is 2.20. The lowest BCUT2D eigenvalue weighted by atomic mass is 10.4. The molecule has 2 nitrogen and oxygen atoms in total. The van der Waals surface area contributed by atoms with Gasteiger partial charge in [0.05, 0.1) is 10.6 Å². The van der Waals surface area contributed by atoms with Gasteiger partial charge in [0, 0.05) is 16.3 Å². The van der Waals surface area contributed by atoms with Crippen LogP contribution in [0.25, 0.3) is 9.40 Å². The highest BCUT2D eigenvalue weighted by molar-refractivity contribution is 7.39. The van der Waals surface area contributed by atoms with Gasteiger partial charge < -0.3 is 10.2 Å². The second kappa shape index (κ2) is 2.48. The molecule has 4 heteroatoms. The Morgan fingerprint density at radius 3 is 2.73 bits per heavy atom. The SMILES string of the molecule is OCc1cc2cc(O)sc2s1. The van der Waals surface area contributed by atoms with E-state index in [-0.39, 0.29) is 6.61 Å². The molecule has 0 saturated heterocycles. The van der Waals surface area contributed by atoms with Gasteiger partial charge in [0.25, 0.3) is 0 Å². The van der Waals surface area contributed by atoms with Crippen molar-refractivity contribution in [3.8, 4) is 5.06 Å². The topological polar surface area (TPSA) is 40.5 Å². The van der Waals surface area contributed by atoms with Crippen LogP contribution < -0.4 is 0 Å². The quantitative estimate of drug-likeness (QED) is 0.716. The van der Waals surface area contributed by atoms with Gasteiger partial charge in [0.15, 0.2) is 5.06 Å². The van der Waals surface area contributed by atoms with E-state index in [0.717, 1.165) is 14.3 Å². The normalized spacial score (nSPS) is 11.0. The van der Waals surface area contributed by atoms with Gasteiger partial charge in [-0.25, -0.2) is 0 Å². The van der Waals surface area contributed by atoms with Crippen molar-refractivity contribution < 1.29 is 10.2 Å². The third-order valence-electron chi connectivity index (χ3n) is 1.41. The van der Waals surface area contributed by atoms with Crippen molar-refractivity contribution in [2.75, 3.05) is 0 Å². The highest BCUT2D eigenvalue weighted by Crippen LogP contribution is 2.36. The molecule has 2 aromatic rings. The van der Waals surface area contributed by atoms with Crippen LogP contribution >= 0.6 is 22.7 Å². The number of hydrogen-bond donors (Lipinski definition) is 2. The third kappa shape index (κ3) is 1.13. The Hall–Kier alpha value is -0.580. The van der Waals surface area contributed by atoms with Gasteiger partial charge in [-0.2, -0.15) is 0 Å². The predicted molar refractivity (Wildman–Crippen MR) is 47.3 cm³/mol. The summed E-state index contributed by atoms with van der Waals surface area (Å²) in [6, 6.07) is 3.62. The van der Waals surface area contributed by atoms with Crippen LogP contribution in [0.3, 0.4) is 0 Å². The molecule has 0 bridgehead atoms. The maximum Gasteiger partial charge on any atom is 0.173 e. The summed E-state index contributed by atoms with van der Waals surface area (Å²) >= 11 is 2.88. The molecule has 0 radical (unpaired) electrons. The molecule has 0 aliphatic carbocycles. The highest BCUT2D eigenvalue weighted by Gasteiger charge is 2.04. The molecule has 11 heavy (non-hydrogen) atoms. The number of rotatable bonds is 1. The lowest BCUT2D eigenvalue weighted by Gasteiger charge is -1.81. The second-order valence-corrected chi connectivity index (χ2v) is 4.62.